The van der Waals surface area contributed by atoms with Gasteiger partial charge in [0.25, 0.3) is 0 Å². The number of nitrogens with two attached hydrogens (primary N) is 1. The summed E-state index contributed by atoms with van der Waals surface area (Å²) in [6.07, 6.45) is 1.09. The molecule has 8 heteroatoms. The SMILES string of the molecule is CCOC(=O)C1=C(COCCN)N=C2CC(C)CC(=O)C2C1c1cccc(Cl)c1Cl. The summed E-state index contributed by atoms with van der Waals surface area (Å²) in [5, 5.41) is 0.680. The van der Waals surface area contributed by atoms with Gasteiger partial charge in [0.2, 0.25) is 0 Å². The van der Waals surface area contributed by atoms with Crippen molar-refractivity contribution in [1.29, 1.82) is 0 Å². The molecule has 2 N–H and O–H groups in total. The molecule has 3 rings (SSSR count). The van der Waals surface area contributed by atoms with Gasteiger partial charge in [-0.1, -0.05) is 42.3 Å². The van der Waals surface area contributed by atoms with Crippen LogP contribution >= 0.6 is 23.2 Å². The first-order valence-corrected chi connectivity index (χ1v) is 10.9. The Hall–Kier alpha value is -1.73. The lowest BCUT2D eigenvalue weighted by Gasteiger charge is -2.38. The van der Waals surface area contributed by atoms with Crippen molar-refractivity contribution in [2.24, 2.45) is 22.6 Å². The van der Waals surface area contributed by atoms with Crippen molar-refractivity contribution in [3.05, 3.63) is 45.1 Å². The molecule has 1 aromatic rings. The van der Waals surface area contributed by atoms with Gasteiger partial charge in [0, 0.05) is 24.6 Å². The molecule has 3 unspecified atom stereocenters. The number of benzene rings is 1. The van der Waals surface area contributed by atoms with Gasteiger partial charge in [0.1, 0.15) is 5.78 Å². The lowest BCUT2D eigenvalue weighted by molar-refractivity contribution is -0.139. The van der Waals surface area contributed by atoms with E-state index in [1.54, 1.807) is 25.1 Å². The second kappa shape index (κ2) is 10.1. The van der Waals surface area contributed by atoms with E-state index >= 15 is 0 Å². The minimum Gasteiger partial charge on any atom is -0.463 e. The van der Waals surface area contributed by atoms with Gasteiger partial charge in [-0.25, -0.2) is 4.79 Å². The Kier molecular flexibility index (Phi) is 7.69. The van der Waals surface area contributed by atoms with Gasteiger partial charge < -0.3 is 15.2 Å². The van der Waals surface area contributed by atoms with Crippen molar-refractivity contribution >= 4 is 40.7 Å². The number of carbonyl (C=O) groups is 2. The highest BCUT2D eigenvalue weighted by Crippen LogP contribution is 2.47. The van der Waals surface area contributed by atoms with Crippen LogP contribution in [0.15, 0.2) is 34.5 Å². The number of ketones is 1. The Bertz CT molecular complexity index is 897. The van der Waals surface area contributed by atoms with Crippen molar-refractivity contribution in [2.75, 3.05) is 26.4 Å². The van der Waals surface area contributed by atoms with Crippen LogP contribution in [0.5, 0.6) is 0 Å². The highest BCUT2D eigenvalue weighted by atomic mass is 35.5. The number of aliphatic imine (C=N–C) groups is 1. The standard InChI is InChI=1S/C22H26Cl2N2O4/c1-3-30-22(28)20-16(11-29-8-7-25)26-15-9-12(2)10-17(27)19(15)18(20)13-5-4-6-14(23)21(13)24/h4-6,12,18-19H,3,7-11,25H2,1-2H3. The molecule has 6 nitrogen and oxygen atoms in total. The molecule has 0 bridgehead atoms. The van der Waals surface area contributed by atoms with Crippen molar-refractivity contribution in [3.63, 3.8) is 0 Å². The van der Waals surface area contributed by atoms with E-state index in [1.165, 1.54) is 0 Å². The Morgan fingerprint density at radius 2 is 2.03 bits per heavy atom. The van der Waals surface area contributed by atoms with E-state index in [0.29, 0.717) is 52.9 Å². The van der Waals surface area contributed by atoms with Crippen molar-refractivity contribution in [1.82, 2.24) is 0 Å². The van der Waals surface area contributed by atoms with Crippen LogP contribution in [0.1, 0.15) is 38.2 Å². The molecule has 3 atom stereocenters. The summed E-state index contributed by atoms with van der Waals surface area (Å²) in [5.74, 6) is -1.51. The fourth-order valence-corrected chi connectivity index (χ4v) is 4.62. The van der Waals surface area contributed by atoms with Crippen LogP contribution in [-0.4, -0.2) is 43.8 Å². The largest absolute Gasteiger partial charge is 0.463 e. The number of rotatable bonds is 7. The second-order valence-corrected chi connectivity index (χ2v) is 8.39. The van der Waals surface area contributed by atoms with Gasteiger partial charge in [0.05, 0.1) is 47.1 Å². The van der Waals surface area contributed by atoms with Crippen LogP contribution in [0.2, 0.25) is 10.0 Å². The van der Waals surface area contributed by atoms with Crippen molar-refractivity contribution in [2.45, 2.75) is 32.6 Å². The first-order chi connectivity index (χ1) is 14.4. The summed E-state index contributed by atoms with van der Waals surface area (Å²) in [7, 11) is 0. The van der Waals surface area contributed by atoms with Crippen LogP contribution in [0, 0.1) is 11.8 Å². The molecule has 0 amide bonds. The fraction of sp³-hybridized carbons (Fsp3) is 0.500. The zero-order chi connectivity index (χ0) is 21.8. The molecule has 1 aromatic carbocycles. The molecule has 1 heterocycles. The smallest absolute Gasteiger partial charge is 0.336 e. The van der Waals surface area contributed by atoms with E-state index in [9.17, 15) is 9.59 Å². The molecule has 0 radical (unpaired) electrons. The number of carbonyl (C=O) groups excluding carboxylic acids is 2. The van der Waals surface area contributed by atoms with E-state index in [4.69, 9.17) is 43.4 Å². The molecule has 2 aliphatic rings. The maximum atomic E-state index is 13.1. The molecule has 1 aliphatic heterocycles. The Balaban J connectivity index is 2.21. The number of esters is 1. The molecule has 1 fully saturated rings. The maximum absolute atomic E-state index is 13.1. The van der Waals surface area contributed by atoms with E-state index in [1.807, 2.05) is 6.92 Å². The van der Waals surface area contributed by atoms with Gasteiger partial charge in [-0.2, -0.15) is 0 Å². The summed E-state index contributed by atoms with van der Waals surface area (Å²) in [6.45, 7) is 4.72. The third-order valence-electron chi connectivity index (χ3n) is 5.36. The maximum Gasteiger partial charge on any atom is 0.336 e. The molecule has 0 aromatic heterocycles. The Morgan fingerprint density at radius 1 is 1.27 bits per heavy atom. The van der Waals surface area contributed by atoms with Crippen LogP contribution in [-0.2, 0) is 19.1 Å². The number of hydrogen-bond donors (Lipinski definition) is 1. The second-order valence-electron chi connectivity index (χ2n) is 7.60. The van der Waals surface area contributed by atoms with Gasteiger partial charge in [-0.3, -0.25) is 9.79 Å². The van der Waals surface area contributed by atoms with E-state index in [2.05, 4.69) is 0 Å². The summed E-state index contributed by atoms with van der Waals surface area (Å²) in [5.41, 5.74) is 7.66. The van der Waals surface area contributed by atoms with Crippen LogP contribution in [0.25, 0.3) is 0 Å². The minimum atomic E-state index is -0.626. The molecule has 30 heavy (non-hydrogen) atoms. The summed E-state index contributed by atoms with van der Waals surface area (Å²) >= 11 is 12.8. The van der Waals surface area contributed by atoms with Gasteiger partial charge >= 0.3 is 5.97 Å². The molecule has 0 saturated heterocycles. The zero-order valence-electron chi connectivity index (χ0n) is 17.1. The van der Waals surface area contributed by atoms with Gasteiger partial charge in [0.15, 0.2) is 0 Å². The summed E-state index contributed by atoms with van der Waals surface area (Å²) in [4.78, 5) is 30.9. The van der Waals surface area contributed by atoms with Crippen molar-refractivity contribution in [3.8, 4) is 0 Å². The number of ether oxygens (including phenoxy) is 2. The van der Waals surface area contributed by atoms with Gasteiger partial charge in [-0.15, -0.1) is 0 Å². The third-order valence-corrected chi connectivity index (χ3v) is 6.19. The average molecular weight is 453 g/mol. The summed E-state index contributed by atoms with van der Waals surface area (Å²) in [6, 6.07) is 5.23. The highest BCUT2D eigenvalue weighted by Gasteiger charge is 2.46. The molecular formula is C22H26Cl2N2O4. The molecule has 1 saturated carbocycles. The predicted molar refractivity (Wildman–Crippen MR) is 117 cm³/mol. The fourth-order valence-electron chi connectivity index (χ4n) is 4.20. The quantitative estimate of drug-likeness (QED) is 0.499. The van der Waals surface area contributed by atoms with Crippen LogP contribution in [0.3, 0.4) is 0 Å². The van der Waals surface area contributed by atoms with E-state index in [0.717, 1.165) is 5.71 Å². The number of fused-ring (bicyclic) bond motifs is 1. The monoisotopic (exact) mass is 452 g/mol. The van der Waals surface area contributed by atoms with Crippen molar-refractivity contribution < 1.29 is 19.1 Å². The number of Topliss-reactive ketones (excluding diaryl/α,β-unsaturated/α-hetero) is 1. The zero-order valence-corrected chi connectivity index (χ0v) is 18.6. The van der Waals surface area contributed by atoms with E-state index < -0.39 is 17.8 Å². The Labute approximate surface area is 186 Å². The molecule has 0 spiro atoms. The molecule has 162 valence electrons. The third kappa shape index (κ3) is 4.62. The van der Waals surface area contributed by atoms with E-state index in [-0.39, 0.29) is 24.9 Å². The summed E-state index contributed by atoms with van der Waals surface area (Å²) < 4.78 is 11.0. The average Bonchev–Trinajstić information content (AvgIpc) is 2.69. The van der Waals surface area contributed by atoms with Crippen LogP contribution in [0.4, 0.5) is 0 Å². The number of hydrogen-bond acceptors (Lipinski definition) is 6. The number of nitrogens with zero attached hydrogens (tertiary/aromatic N) is 1. The first kappa shape index (κ1) is 22.9. The van der Waals surface area contributed by atoms with Gasteiger partial charge in [-0.05, 0) is 30.9 Å². The normalized spacial score (nSPS) is 23.8. The minimum absolute atomic E-state index is 0.0391. The predicted octanol–water partition coefficient (Wildman–Crippen LogP) is 3.94. The molecular weight excluding hydrogens is 427 g/mol. The Morgan fingerprint density at radius 3 is 2.73 bits per heavy atom. The highest BCUT2D eigenvalue weighted by molar-refractivity contribution is 6.42. The number of halogens is 2. The molecule has 1 aliphatic carbocycles. The first-order valence-electron chi connectivity index (χ1n) is 10.1. The lowest BCUT2D eigenvalue weighted by Crippen LogP contribution is -2.41. The lowest BCUT2D eigenvalue weighted by atomic mass is 9.67. The van der Waals surface area contributed by atoms with Crippen LogP contribution < -0.4 is 5.73 Å². The topological polar surface area (TPSA) is 91.0 Å².